The number of hydrogen-bond acceptors (Lipinski definition) is 4. The Morgan fingerprint density at radius 3 is 2.47 bits per heavy atom. The lowest BCUT2D eigenvalue weighted by Crippen LogP contribution is -2.23. The van der Waals surface area contributed by atoms with Crippen molar-refractivity contribution in [3.8, 4) is 11.1 Å². The molecule has 0 radical (unpaired) electrons. The van der Waals surface area contributed by atoms with Gasteiger partial charge < -0.3 is 10.6 Å². The van der Waals surface area contributed by atoms with Crippen LogP contribution in [0, 0.1) is 0 Å². The third-order valence-electron chi connectivity index (χ3n) is 3.22. The molecule has 0 saturated carbocycles. The average molecular weight is 319 g/mol. The van der Waals surface area contributed by atoms with Gasteiger partial charge in [0.25, 0.3) is 0 Å². The van der Waals surface area contributed by atoms with E-state index >= 15 is 0 Å². The Labute approximate surface area is 120 Å². The first-order valence-corrected chi connectivity index (χ1v) is 7.16. The van der Waals surface area contributed by atoms with Crippen molar-refractivity contribution in [3.05, 3.63) is 41.1 Å². The maximum atomic E-state index is 4.38. The van der Waals surface area contributed by atoms with Crippen molar-refractivity contribution in [1.29, 1.82) is 0 Å². The predicted octanol–water partition coefficient (Wildman–Crippen LogP) is 2.68. The molecular formula is C14H15BrN4. The molecule has 1 aliphatic heterocycles. The van der Waals surface area contributed by atoms with E-state index in [0.717, 1.165) is 35.1 Å². The summed E-state index contributed by atoms with van der Waals surface area (Å²) in [6.45, 7) is 2.05. The van der Waals surface area contributed by atoms with Gasteiger partial charge in [-0.05, 0) is 30.7 Å². The molecular weight excluding hydrogens is 304 g/mol. The van der Waals surface area contributed by atoms with Crippen molar-refractivity contribution < 1.29 is 0 Å². The third kappa shape index (κ3) is 3.11. The van der Waals surface area contributed by atoms with E-state index in [-0.39, 0.29) is 0 Å². The molecule has 2 aromatic rings. The molecule has 0 bridgehead atoms. The van der Waals surface area contributed by atoms with Gasteiger partial charge >= 0.3 is 0 Å². The Morgan fingerprint density at radius 1 is 1.11 bits per heavy atom. The number of anilines is 1. The summed E-state index contributed by atoms with van der Waals surface area (Å²) >= 11 is 3.43. The first-order chi connectivity index (χ1) is 9.31. The second-order valence-corrected chi connectivity index (χ2v) is 5.55. The van der Waals surface area contributed by atoms with Crippen LogP contribution >= 0.6 is 15.9 Å². The van der Waals surface area contributed by atoms with E-state index in [1.54, 1.807) is 0 Å². The third-order valence-corrected chi connectivity index (χ3v) is 3.75. The molecule has 1 unspecified atom stereocenters. The van der Waals surface area contributed by atoms with Crippen molar-refractivity contribution >= 4 is 21.9 Å². The number of aromatic nitrogens is 2. The molecule has 5 heteroatoms. The van der Waals surface area contributed by atoms with Gasteiger partial charge in [-0.25, -0.2) is 9.97 Å². The standard InChI is InChI=1S/C14H15BrN4/c15-12-3-1-10(2-4-12)11-7-17-14(18-8-11)19-13-5-6-16-9-13/h1-4,7-8,13,16H,5-6,9H2,(H,17,18,19). The summed E-state index contributed by atoms with van der Waals surface area (Å²) in [5.41, 5.74) is 2.15. The van der Waals surface area contributed by atoms with Crippen molar-refractivity contribution in [2.24, 2.45) is 0 Å². The van der Waals surface area contributed by atoms with Crippen LogP contribution in [0.25, 0.3) is 11.1 Å². The van der Waals surface area contributed by atoms with Gasteiger partial charge in [-0.3, -0.25) is 0 Å². The van der Waals surface area contributed by atoms with E-state index in [1.165, 1.54) is 0 Å². The van der Waals surface area contributed by atoms with Gasteiger partial charge in [0, 0.05) is 35.0 Å². The van der Waals surface area contributed by atoms with Gasteiger partial charge in [0.15, 0.2) is 0 Å². The minimum Gasteiger partial charge on any atom is -0.350 e. The number of benzene rings is 1. The van der Waals surface area contributed by atoms with Gasteiger partial charge in [0.2, 0.25) is 5.95 Å². The van der Waals surface area contributed by atoms with E-state index < -0.39 is 0 Å². The van der Waals surface area contributed by atoms with Crippen molar-refractivity contribution in [2.75, 3.05) is 18.4 Å². The first-order valence-electron chi connectivity index (χ1n) is 6.36. The zero-order valence-electron chi connectivity index (χ0n) is 10.4. The molecule has 1 fully saturated rings. The van der Waals surface area contributed by atoms with Crippen molar-refractivity contribution in [2.45, 2.75) is 12.5 Å². The number of nitrogens with zero attached hydrogens (tertiary/aromatic N) is 2. The Balaban J connectivity index is 1.72. The Morgan fingerprint density at radius 2 is 1.84 bits per heavy atom. The summed E-state index contributed by atoms with van der Waals surface area (Å²) in [4.78, 5) is 8.76. The highest BCUT2D eigenvalue weighted by atomic mass is 79.9. The van der Waals surface area contributed by atoms with Crippen LogP contribution in [0.15, 0.2) is 41.1 Å². The lowest BCUT2D eigenvalue weighted by molar-refractivity contribution is 0.780. The quantitative estimate of drug-likeness (QED) is 0.913. The SMILES string of the molecule is Brc1ccc(-c2cnc(NC3CCNC3)nc2)cc1. The normalized spacial score (nSPS) is 18.5. The topological polar surface area (TPSA) is 49.8 Å². The molecule has 1 aromatic heterocycles. The van der Waals surface area contributed by atoms with Crippen LogP contribution in [0.4, 0.5) is 5.95 Å². The number of nitrogens with one attached hydrogen (secondary N) is 2. The van der Waals surface area contributed by atoms with E-state index in [0.29, 0.717) is 12.0 Å². The van der Waals surface area contributed by atoms with E-state index in [4.69, 9.17) is 0 Å². The fraction of sp³-hybridized carbons (Fsp3) is 0.286. The fourth-order valence-corrected chi connectivity index (χ4v) is 2.42. The molecule has 1 atom stereocenters. The largest absolute Gasteiger partial charge is 0.350 e. The van der Waals surface area contributed by atoms with E-state index in [9.17, 15) is 0 Å². The highest BCUT2D eigenvalue weighted by Crippen LogP contribution is 2.21. The summed E-state index contributed by atoms with van der Waals surface area (Å²) in [7, 11) is 0. The Bertz CT molecular complexity index is 532. The van der Waals surface area contributed by atoms with Crippen LogP contribution in [0.2, 0.25) is 0 Å². The fourth-order valence-electron chi connectivity index (χ4n) is 2.15. The lowest BCUT2D eigenvalue weighted by Gasteiger charge is -2.11. The van der Waals surface area contributed by atoms with Gasteiger partial charge in [-0.2, -0.15) is 0 Å². The van der Waals surface area contributed by atoms with Crippen molar-refractivity contribution in [1.82, 2.24) is 15.3 Å². The van der Waals surface area contributed by atoms with Crippen LogP contribution in [0.5, 0.6) is 0 Å². The molecule has 19 heavy (non-hydrogen) atoms. The summed E-state index contributed by atoms with van der Waals surface area (Å²) in [5, 5.41) is 6.65. The molecule has 0 amide bonds. The predicted molar refractivity (Wildman–Crippen MR) is 80.1 cm³/mol. The van der Waals surface area contributed by atoms with Crippen LogP contribution in [0.1, 0.15) is 6.42 Å². The summed E-state index contributed by atoms with van der Waals surface area (Å²) in [6, 6.07) is 8.59. The van der Waals surface area contributed by atoms with E-state index in [1.807, 2.05) is 24.5 Å². The maximum absolute atomic E-state index is 4.38. The summed E-state index contributed by atoms with van der Waals surface area (Å²) in [5.74, 6) is 0.703. The van der Waals surface area contributed by atoms with Gasteiger partial charge in [-0.1, -0.05) is 28.1 Å². The van der Waals surface area contributed by atoms with Crippen LogP contribution in [-0.4, -0.2) is 29.1 Å². The Kier molecular flexibility index (Phi) is 3.75. The molecule has 1 saturated heterocycles. The molecule has 1 aliphatic rings. The molecule has 4 nitrogen and oxygen atoms in total. The zero-order valence-corrected chi connectivity index (χ0v) is 12.0. The minimum absolute atomic E-state index is 0.443. The zero-order chi connectivity index (χ0) is 13.1. The Hall–Kier alpha value is -1.46. The van der Waals surface area contributed by atoms with Crippen molar-refractivity contribution in [3.63, 3.8) is 0 Å². The van der Waals surface area contributed by atoms with Crippen LogP contribution in [-0.2, 0) is 0 Å². The van der Waals surface area contributed by atoms with Crippen LogP contribution in [0.3, 0.4) is 0 Å². The van der Waals surface area contributed by atoms with Crippen LogP contribution < -0.4 is 10.6 Å². The molecule has 0 aliphatic carbocycles. The molecule has 2 N–H and O–H groups in total. The highest BCUT2D eigenvalue weighted by molar-refractivity contribution is 9.10. The smallest absolute Gasteiger partial charge is 0.222 e. The molecule has 0 spiro atoms. The summed E-state index contributed by atoms with van der Waals surface area (Å²) in [6.07, 6.45) is 4.85. The average Bonchev–Trinajstić information content (AvgIpc) is 2.94. The van der Waals surface area contributed by atoms with Gasteiger partial charge in [-0.15, -0.1) is 0 Å². The second kappa shape index (κ2) is 5.67. The molecule has 1 aromatic carbocycles. The monoisotopic (exact) mass is 318 g/mol. The first kappa shape index (κ1) is 12.6. The number of rotatable bonds is 3. The van der Waals surface area contributed by atoms with Gasteiger partial charge in [0.05, 0.1) is 0 Å². The molecule has 98 valence electrons. The van der Waals surface area contributed by atoms with E-state index in [2.05, 4.69) is 48.7 Å². The highest BCUT2D eigenvalue weighted by Gasteiger charge is 2.14. The van der Waals surface area contributed by atoms with Gasteiger partial charge in [0.1, 0.15) is 0 Å². The second-order valence-electron chi connectivity index (χ2n) is 4.64. The minimum atomic E-state index is 0.443. The molecule has 3 rings (SSSR count). The molecule has 2 heterocycles. The number of hydrogen-bond donors (Lipinski definition) is 2. The maximum Gasteiger partial charge on any atom is 0.222 e. The summed E-state index contributed by atoms with van der Waals surface area (Å²) < 4.78 is 1.07. The lowest BCUT2D eigenvalue weighted by atomic mass is 10.1. The number of halogens is 1.